The van der Waals surface area contributed by atoms with Gasteiger partial charge in [0.05, 0.1) is 21.4 Å². The summed E-state index contributed by atoms with van der Waals surface area (Å²) in [6, 6.07) is 11.8. The van der Waals surface area contributed by atoms with Gasteiger partial charge in [0.25, 0.3) is 0 Å². The Morgan fingerprint density at radius 2 is 1.17 bits per heavy atom. The lowest BCUT2D eigenvalue weighted by Crippen LogP contribution is -2.12. The average Bonchev–Trinajstić information content (AvgIpc) is 2.64. The molecule has 0 heterocycles. The van der Waals surface area contributed by atoms with Crippen molar-refractivity contribution in [2.45, 2.75) is 19.3 Å². The van der Waals surface area contributed by atoms with E-state index in [9.17, 15) is 4.79 Å². The van der Waals surface area contributed by atoms with E-state index in [1.165, 1.54) is 0 Å². The highest BCUT2D eigenvalue weighted by molar-refractivity contribution is 6.33. The highest BCUT2D eigenvalue weighted by atomic mass is 35.5. The van der Waals surface area contributed by atoms with Crippen molar-refractivity contribution in [3.8, 4) is 0 Å². The molecule has 0 atom stereocenters. The Kier molecular flexibility index (Phi) is 6.71. The van der Waals surface area contributed by atoms with Gasteiger partial charge < -0.3 is 9.80 Å². The summed E-state index contributed by atoms with van der Waals surface area (Å²) in [6.07, 6.45) is 6.44. The van der Waals surface area contributed by atoms with E-state index in [2.05, 4.69) is 0 Å². The number of allylic oxidation sites excluding steroid dienone is 2. The summed E-state index contributed by atoms with van der Waals surface area (Å²) in [6.45, 7) is 0. The van der Waals surface area contributed by atoms with Gasteiger partial charge in [-0.05, 0) is 66.8 Å². The van der Waals surface area contributed by atoms with Gasteiger partial charge >= 0.3 is 0 Å². The quantitative estimate of drug-likeness (QED) is 0.530. The Bertz CT molecular complexity index is 913. The number of nitrogens with zero attached hydrogens (tertiary/aromatic N) is 2. The third kappa shape index (κ3) is 5.04. The summed E-state index contributed by atoms with van der Waals surface area (Å²) < 4.78 is 0. The van der Waals surface area contributed by atoms with Crippen LogP contribution in [0.15, 0.2) is 47.5 Å². The molecule has 3 nitrogen and oxygen atoms in total. The van der Waals surface area contributed by atoms with Gasteiger partial charge in [-0.15, -0.1) is 0 Å². The number of carbonyl (C=O) groups excluding carboxylic acids is 1. The Hall–Kier alpha value is -2.23. The summed E-state index contributed by atoms with van der Waals surface area (Å²) in [5.74, 6) is 0.108. The van der Waals surface area contributed by atoms with Crippen molar-refractivity contribution in [3.05, 3.63) is 68.7 Å². The first-order chi connectivity index (χ1) is 13.8. The van der Waals surface area contributed by atoms with E-state index < -0.39 is 0 Å². The van der Waals surface area contributed by atoms with E-state index in [4.69, 9.17) is 23.2 Å². The normalized spacial score (nSPS) is 17.1. The van der Waals surface area contributed by atoms with E-state index in [1.807, 2.05) is 86.5 Å². The molecule has 0 aromatic heterocycles. The Morgan fingerprint density at radius 1 is 0.759 bits per heavy atom. The Balaban J connectivity index is 1.87. The second-order valence-electron chi connectivity index (χ2n) is 7.73. The largest absolute Gasteiger partial charge is 0.376 e. The maximum absolute atomic E-state index is 13.0. The second-order valence-corrected chi connectivity index (χ2v) is 8.55. The first-order valence-corrected chi connectivity index (χ1v) is 10.4. The summed E-state index contributed by atoms with van der Waals surface area (Å²) in [5.41, 5.74) is 5.47. The fraction of sp³-hybridized carbons (Fsp3) is 0.292. The van der Waals surface area contributed by atoms with Crippen molar-refractivity contribution >= 4 is 52.5 Å². The van der Waals surface area contributed by atoms with E-state index in [1.54, 1.807) is 0 Å². The van der Waals surface area contributed by atoms with Gasteiger partial charge in [0.1, 0.15) is 0 Å². The van der Waals surface area contributed by atoms with Crippen LogP contribution in [0.5, 0.6) is 0 Å². The average molecular weight is 429 g/mol. The van der Waals surface area contributed by atoms with Crippen molar-refractivity contribution < 1.29 is 4.79 Å². The van der Waals surface area contributed by atoms with Gasteiger partial charge in [-0.3, -0.25) is 4.79 Å². The molecular weight excluding hydrogens is 403 g/mol. The maximum Gasteiger partial charge on any atom is 0.185 e. The number of hydrogen-bond donors (Lipinski definition) is 0. The van der Waals surface area contributed by atoms with Crippen LogP contribution in [-0.4, -0.2) is 34.0 Å². The van der Waals surface area contributed by atoms with Crippen LogP contribution in [0.2, 0.25) is 10.0 Å². The molecule has 0 N–H and O–H groups in total. The predicted octanol–water partition coefficient (Wildman–Crippen LogP) is 6.35. The third-order valence-corrected chi connectivity index (χ3v) is 5.67. The lowest BCUT2D eigenvalue weighted by molar-refractivity contribution is -0.112. The zero-order valence-corrected chi connectivity index (χ0v) is 18.8. The standard InChI is InChI=1S/C24H26Cl2N2O/c1-27(2)22-10-8-16(14-20(22)25)12-18-6-5-7-19(24(18)29)13-17-9-11-23(28(3)4)21(26)15-17/h8-15H,5-7H2,1-4H3. The molecule has 0 radical (unpaired) electrons. The molecule has 0 aliphatic heterocycles. The lowest BCUT2D eigenvalue weighted by atomic mass is 9.87. The highest BCUT2D eigenvalue weighted by Gasteiger charge is 2.20. The van der Waals surface area contributed by atoms with Gasteiger partial charge in [-0.25, -0.2) is 0 Å². The van der Waals surface area contributed by atoms with E-state index in [0.29, 0.717) is 10.0 Å². The minimum absolute atomic E-state index is 0.108. The van der Waals surface area contributed by atoms with Crippen LogP contribution in [0.25, 0.3) is 12.2 Å². The van der Waals surface area contributed by atoms with Gasteiger partial charge in [0.2, 0.25) is 0 Å². The van der Waals surface area contributed by atoms with Crippen LogP contribution < -0.4 is 9.80 Å². The maximum atomic E-state index is 13.0. The van der Waals surface area contributed by atoms with Crippen molar-refractivity contribution in [1.82, 2.24) is 0 Å². The molecule has 0 amide bonds. The monoisotopic (exact) mass is 428 g/mol. The number of hydrogen-bond acceptors (Lipinski definition) is 3. The molecule has 0 bridgehead atoms. The summed E-state index contributed by atoms with van der Waals surface area (Å²) in [7, 11) is 7.83. The van der Waals surface area contributed by atoms with Crippen LogP contribution in [0.3, 0.4) is 0 Å². The van der Waals surface area contributed by atoms with Crippen LogP contribution in [0.1, 0.15) is 30.4 Å². The number of anilines is 2. The highest BCUT2D eigenvalue weighted by Crippen LogP contribution is 2.32. The molecule has 0 saturated heterocycles. The third-order valence-electron chi connectivity index (χ3n) is 5.06. The fourth-order valence-electron chi connectivity index (χ4n) is 3.53. The Labute approximate surface area is 183 Å². The van der Waals surface area contributed by atoms with Gasteiger partial charge in [-0.1, -0.05) is 35.3 Å². The molecule has 3 rings (SSSR count). The zero-order chi connectivity index (χ0) is 21.1. The summed E-state index contributed by atoms with van der Waals surface area (Å²) >= 11 is 12.8. The topological polar surface area (TPSA) is 23.6 Å². The molecule has 0 unspecified atom stereocenters. The number of ketones is 1. The van der Waals surface area contributed by atoms with Crippen LogP contribution in [0, 0.1) is 0 Å². The number of carbonyl (C=O) groups is 1. The summed E-state index contributed by atoms with van der Waals surface area (Å²) in [5, 5.41) is 1.36. The minimum atomic E-state index is 0.108. The minimum Gasteiger partial charge on any atom is -0.376 e. The van der Waals surface area contributed by atoms with Crippen LogP contribution in [0.4, 0.5) is 11.4 Å². The predicted molar refractivity (Wildman–Crippen MR) is 126 cm³/mol. The first-order valence-electron chi connectivity index (χ1n) is 9.66. The molecule has 2 aromatic carbocycles. The molecular formula is C24H26Cl2N2O. The molecule has 1 aliphatic carbocycles. The first kappa shape index (κ1) is 21.5. The van der Waals surface area contributed by atoms with Crippen molar-refractivity contribution in [2.24, 2.45) is 0 Å². The number of benzene rings is 2. The van der Waals surface area contributed by atoms with Crippen molar-refractivity contribution in [1.29, 1.82) is 0 Å². The molecule has 1 saturated carbocycles. The molecule has 152 valence electrons. The van der Waals surface area contributed by atoms with E-state index in [-0.39, 0.29) is 5.78 Å². The molecule has 5 heteroatoms. The Morgan fingerprint density at radius 3 is 1.52 bits per heavy atom. The van der Waals surface area contributed by atoms with Crippen LogP contribution >= 0.6 is 23.2 Å². The zero-order valence-electron chi connectivity index (χ0n) is 17.3. The second kappa shape index (κ2) is 9.06. The van der Waals surface area contributed by atoms with Crippen molar-refractivity contribution in [2.75, 3.05) is 38.0 Å². The number of rotatable bonds is 4. The van der Waals surface area contributed by atoms with Gasteiger partial charge in [0.15, 0.2) is 5.78 Å². The van der Waals surface area contributed by atoms with E-state index >= 15 is 0 Å². The smallest absolute Gasteiger partial charge is 0.185 e. The van der Waals surface area contributed by atoms with E-state index in [0.717, 1.165) is 52.9 Å². The lowest BCUT2D eigenvalue weighted by Gasteiger charge is -2.18. The SMILES string of the molecule is CN(C)c1ccc(C=C2CCCC(=Cc3ccc(N(C)C)c(Cl)c3)C2=O)cc1Cl. The molecule has 1 aliphatic rings. The molecule has 1 fully saturated rings. The van der Waals surface area contributed by atoms with Gasteiger partial charge in [-0.2, -0.15) is 0 Å². The number of Topliss-reactive ketones (excluding diaryl/α,β-unsaturated/α-hetero) is 1. The molecule has 2 aromatic rings. The van der Waals surface area contributed by atoms with Crippen molar-refractivity contribution in [3.63, 3.8) is 0 Å². The fourth-order valence-corrected chi connectivity index (χ4v) is 4.25. The molecule has 29 heavy (non-hydrogen) atoms. The molecule has 0 spiro atoms. The number of halogens is 2. The van der Waals surface area contributed by atoms with Gasteiger partial charge in [0, 0.05) is 39.3 Å². The van der Waals surface area contributed by atoms with Crippen LogP contribution in [-0.2, 0) is 4.79 Å². The summed E-state index contributed by atoms with van der Waals surface area (Å²) in [4.78, 5) is 17.0.